The van der Waals surface area contributed by atoms with Gasteiger partial charge in [0, 0.05) is 74.3 Å². The molecular weight excluding hydrogens is 865 g/mol. The molecule has 0 aliphatic carbocycles. The highest BCUT2D eigenvalue weighted by molar-refractivity contribution is 6.01. The van der Waals surface area contributed by atoms with Gasteiger partial charge in [-0.25, -0.2) is 9.97 Å². The number of hydrogen-bond donors (Lipinski definition) is 4. The lowest BCUT2D eigenvalue weighted by molar-refractivity contribution is -0.142. The lowest BCUT2D eigenvalue weighted by atomic mass is 9.79. The van der Waals surface area contributed by atoms with Gasteiger partial charge in [-0.3, -0.25) is 24.0 Å². The molecule has 1 aromatic heterocycles. The van der Waals surface area contributed by atoms with Crippen LogP contribution in [0.3, 0.4) is 0 Å². The summed E-state index contributed by atoms with van der Waals surface area (Å²) < 4.78 is 18.3. The third-order valence-corrected chi connectivity index (χ3v) is 12.8. The van der Waals surface area contributed by atoms with Crippen LogP contribution in [-0.2, 0) is 31.0 Å². The van der Waals surface area contributed by atoms with E-state index in [-0.39, 0.29) is 88.4 Å². The van der Waals surface area contributed by atoms with Crippen molar-refractivity contribution in [3.63, 3.8) is 0 Å². The second-order valence-electron chi connectivity index (χ2n) is 18.4. The first kappa shape index (κ1) is 50.9. The average Bonchev–Trinajstić information content (AvgIpc) is 3.30. The molecule has 7 N–H and O–H groups in total. The molecule has 0 radical (unpaired) electrons. The van der Waals surface area contributed by atoms with E-state index in [0.717, 1.165) is 23.3 Å². The van der Waals surface area contributed by atoms with E-state index in [1.54, 1.807) is 51.1 Å². The van der Waals surface area contributed by atoms with Gasteiger partial charge in [-0.1, -0.05) is 45.0 Å². The largest absolute Gasteiger partial charge is 0.493 e. The van der Waals surface area contributed by atoms with Crippen molar-refractivity contribution in [2.24, 2.45) is 29.0 Å². The van der Waals surface area contributed by atoms with Crippen LogP contribution in [0.5, 0.6) is 17.2 Å². The topological polar surface area (TPSA) is 256 Å². The Kier molecular flexibility index (Phi) is 16.8. The van der Waals surface area contributed by atoms with Crippen LogP contribution in [0.1, 0.15) is 104 Å². The van der Waals surface area contributed by atoms with Gasteiger partial charge in [0.15, 0.2) is 23.2 Å². The number of amides is 2. The summed E-state index contributed by atoms with van der Waals surface area (Å²) in [5.74, 6) is -1.99. The molecule has 0 unspecified atom stereocenters. The van der Waals surface area contributed by atoms with Crippen LogP contribution in [0.25, 0.3) is 22.5 Å². The molecule has 2 aliphatic heterocycles. The molecule has 16 heteroatoms. The highest BCUT2D eigenvalue weighted by Crippen LogP contribution is 2.42. The van der Waals surface area contributed by atoms with Crippen molar-refractivity contribution in [1.82, 2.24) is 20.2 Å². The van der Waals surface area contributed by atoms with Crippen LogP contribution in [0.2, 0.25) is 0 Å². The summed E-state index contributed by atoms with van der Waals surface area (Å²) in [6, 6.07) is 16.2. The van der Waals surface area contributed by atoms with Gasteiger partial charge in [0.1, 0.15) is 36.5 Å². The van der Waals surface area contributed by atoms with E-state index in [1.807, 2.05) is 30.3 Å². The van der Waals surface area contributed by atoms with E-state index < -0.39 is 41.5 Å². The number of nitrogens with one attached hydrogen (secondary N) is 1. The third-order valence-electron chi connectivity index (χ3n) is 12.8. The summed E-state index contributed by atoms with van der Waals surface area (Å²) in [5, 5.41) is 12.1. The number of benzene rings is 3. The first-order chi connectivity index (χ1) is 32.5. The van der Waals surface area contributed by atoms with Crippen LogP contribution in [0, 0.1) is 37.0 Å². The molecule has 2 amide bonds. The minimum Gasteiger partial charge on any atom is -0.493 e. The highest BCUT2D eigenvalue weighted by Gasteiger charge is 2.37. The number of ketones is 3. The Hall–Kier alpha value is -6.54. The second-order valence-corrected chi connectivity index (χ2v) is 18.4. The molecule has 0 saturated carbocycles. The fourth-order valence-electron chi connectivity index (χ4n) is 9.11. The first-order valence-electron chi connectivity index (χ1n) is 23.3. The van der Waals surface area contributed by atoms with Crippen LogP contribution in [0.15, 0.2) is 54.6 Å². The van der Waals surface area contributed by atoms with E-state index >= 15 is 0 Å². The van der Waals surface area contributed by atoms with Gasteiger partial charge in [-0.2, -0.15) is 5.26 Å². The number of aryl methyl sites for hydroxylation is 2. The van der Waals surface area contributed by atoms with Crippen LogP contribution < -0.4 is 36.7 Å². The highest BCUT2D eigenvalue weighted by atomic mass is 16.5. The maximum absolute atomic E-state index is 14.9. The molecule has 4 aromatic rings. The van der Waals surface area contributed by atoms with Crippen molar-refractivity contribution in [3.8, 4) is 45.8 Å². The number of carbonyl (C=O) groups is 5. The monoisotopic (exact) mass is 928 g/mol. The maximum Gasteiger partial charge on any atom is 0.226 e. The number of aromatic nitrogens is 2. The quantitative estimate of drug-likeness (QED) is 0.0967. The smallest absolute Gasteiger partial charge is 0.226 e. The normalized spacial score (nSPS) is 18.1. The summed E-state index contributed by atoms with van der Waals surface area (Å²) in [4.78, 5) is 82.2. The molecule has 3 heterocycles. The fraction of sp³-hybridized carbons (Fsp3) is 0.462. The van der Waals surface area contributed by atoms with Gasteiger partial charge in [-0.05, 0) is 92.1 Å². The zero-order chi connectivity index (χ0) is 49.3. The van der Waals surface area contributed by atoms with Crippen molar-refractivity contribution in [2.75, 3.05) is 46.5 Å². The number of Topliss-reactive ketones (excluding diaryl/α,β-unsaturated/α-hetero) is 3. The molecule has 4 atom stereocenters. The number of hydrogen-bond acceptors (Lipinski definition) is 14. The van der Waals surface area contributed by atoms with E-state index in [9.17, 15) is 29.2 Å². The summed E-state index contributed by atoms with van der Waals surface area (Å²) in [6.45, 7) is 10.9. The van der Waals surface area contributed by atoms with Crippen LogP contribution >= 0.6 is 0 Å². The predicted octanol–water partition coefficient (Wildman–Crippen LogP) is 5.41. The molecule has 2 aliphatic rings. The van der Waals surface area contributed by atoms with Crippen molar-refractivity contribution in [1.29, 1.82) is 5.26 Å². The van der Waals surface area contributed by atoms with Gasteiger partial charge in [-0.15, -0.1) is 0 Å². The molecule has 3 aromatic carbocycles. The van der Waals surface area contributed by atoms with Gasteiger partial charge in [0.05, 0.1) is 35.7 Å². The van der Waals surface area contributed by atoms with Gasteiger partial charge in [0.2, 0.25) is 11.8 Å². The van der Waals surface area contributed by atoms with Crippen molar-refractivity contribution in [2.45, 2.75) is 97.1 Å². The molecule has 0 spiro atoms. The number of nitrogens with zero attached hydrogens (tertiary/aromatic N) is 4. The number of nitriles is 1. The molecule has 16 nitrogen and oxygen atoms in total. The summed E-state index contributed by atoms with van der Waals surface area (Å²) >= 11 is 0. The standard InChI is InChI=1S/C52H64N8O8/c1-30-24-43(63)48(34-11-14-45(68-23-20-56)38(27-34)37-25-33(9-13-44(37)67-22-19-55)26-40(59-50(30)64)41(61)8-7-17-53)60(6)51(65)36(15-18-54)28-42(62)47-31(2)57-49(58-32(47)3)35-10-12-39-46(29-35)66-21-16-52(39,4)5/h9-14,25,27,29-30,36,40,48H,7-8,15-16,18-24,26,28,54-56H2,1-6H3,(H,59,64)/t30-,36-,40+,48+/m1/s1. The number of fused-ring (bicyclic) bond motifs is 6. The molecular formula is C52H64N8O8. The van der Waals surface area contributed by atoms with Crippen molar-refractivity contribution >= 4 is 29.2 Å². The average molecular weight is 929 g/mol. The Bertz CT molecular complexity index is 2570. The molecule has 360 valence electrons. The van der Waals surface area contributed by atoms with Crippen molar-refractivity contribution < 1.29 is 38.2 Å². The van der Waals surface area contributed by atoms with Gasteiger partial charge >= 0.3 is 0 Å². The minimum atomic E-state index is -1.25. The van der Waals surface area contributed by atoms with E-state index in [1.165, 1.54) is 11.9 Å². The lowest BCUT2D eigenvalue weighted by Crippen LogP contribution is -2.46. The van der Waals surface area contributed by atoms with Crippen LogP contribution in [0.4, 0.5) is 0 Å². The number of ether oxygens (including phenoxy) is 3. The lowest BCUT2D eigenvalue weighted by Gasteiger charge is -2.32. The second kappa shape index (κ2) is 22.5. The molecule has 68 heavy (non-hydrogen) atoms. The van der Waals surface area contributed by atoms with E-state index in [0.29, 0.717) is 63.1 Å². The summed E-state index contributed by atoms with van der Waals surface area (Å²) in [7, 11) is 1.50. The predicted molar refractivity (Wildman–Crippen MR) is 257 cm³/mol. The minimum absolute atomic E-state index is 0.0341. The molecule has 6 rings (SSSR count). The molecule has 4 bridgehead atoms. The van der Waals surface area contributed by atoms with Gasteiger partial charge in [0.25, 0.3) is 0 Å². The fourth-order valence-corrected chi connectivity index (χ4v) is 9.11. The zero-order valence-corrected chi connectivity index (χ0v) is 40.0. The first-order valence-corrected chi connectivity index (χ1v) is 23.3. The number of nitrogens with two attached hydrogens (primary N) is 3. The Morgan fingerprint density at radius 2 is 1.59 bits per heavy atom. The Labute approximate surface area is 398 Å². The Morgan fingerprint density at radius 3 is 2.24 bits per heavy atom. The van der Waals surface area contributed by atoms with Crippen molar-refractivity contribution in [3.05, 3.63) is 88.2 Å². The van der Waals surface area contributed by atoms with Gasteiger partial charge < -0.3 is 41.6 Å². The number of carbonyl (C=O) groups excluding carboxylic acids is 5. The summed E-state index contributed by atoms with van der Waals surface area (Å²) in [5.41, 5.74) is 23.0. The SMILES string of the molecule is Cc1nc(-c2ccc3c(c2)OCCC3(C)C)nc(C)c1C(=O)C[C@@H](CCN)C(=O)N(C)[C@@H]1C(=O)C[C@@H](C)C(=O)N[C@H](C(=O)CCC#N)Cc2ccc(OCCN)c(c2)-c2cc1ccc2OCCN. The van der Waals surface area contributed by atoms with E-state index in [4.69, 9.17) is 41.4 Å². The zero-order valence-electron chi connectivity index (χ0n) is 40.0. The molecule has 0 fully saturated rings. The number of likely N-dealkylation sites (N-methyl/N-ethyl adjacent to an activating group) is 1. The Balaban J connectivity index is 1.38. The van der Waals surface area contributed by atoms with E-state index in [2.05, 4.69) is 19.2 Å². The third kappa shape index (κ3) is 11.6. The summed E-state index contributed by atoms with van der Waals surface area (Å²) in [6.07, 6.45) is 0.470. The maximum atomic E-state index is 14.9. The molecule has 0 saturated heterocycles. The Morgan fingerprint density at radius 1 is 0.926 bits per heavy atom. The van der Waals surface area contributed by atoms with Crippen LogP contribution in [-0.4, -0.2) is 96.6 Å². The number of rotatable bonds is 17.